The van der Waals surface area contributed by atoms with Crippen molar-refractivity contribution < 1.29 is 9.53 Å². The van der Waals surface area contributed by atoms with Crippen LogP contribution in [0.4, 0.5) is 11.6 Å². The van der Waals surface area contributed by atoms with E-state index in [0.29, 0.717) is 40.5 Å². The minimum Gasteiger partial charge on any atom is -0.457 e. The van der Waals surface area contributed by atoms with E-state index in [9.17, 15) is 4.79 Å². The van der Waals surface area contributed by atoms with Crippen LogP contribution < -0.4 is 15.8 Å². The lowest BCUT2D eigenvalue weighted by Crippen LogP contribution is -2.43. The molecule has 1 aliphatic carbocycles. The third kappa shape index (κ3) is 4.97. The Morgan fingerprint density at radius 2 is 1.89 bits per heavy atom. The molecule has 2 heterocycles. The summed E-state index contributed by atoms with van der Waals surface area (Å²) in [6.45, 7) is 0.712. The summed E-state index contributed by atoms with van der Waals surface area (Å²) >= 11 is 3.32. The number of ether oxygens (including phenoxy) is 1. The number of carbonyl (C=O) groups is 1. The van der Waals surface area contributed by atoms with Gasteiger partial charge in [0.15, 0.2) is 0 Å². The highest BCUT2D eigenvalue weighted by Crippen LogP contribution is 2.40. The van der Waals surface area contributed by atoms with Crippen molar-refractivity contribution in [2.75, 3.05) is 22.9 Å². The number of halogens is 1. The van der Waals surface area contributed by atoms with Gasteiger partial charge in [-0.05, 0) is 61.2 Å². The summed E-state index contributed by atoms with van der Waals surface area (Å²) in [5.41, 5.74) is 7.63. The van der Waals surface area contributed by atoms with Gasteiger partial charge < -0.3 is 20.7 Å². The summed E-state index contributed by atoms with van der Waals surface area (Å²) in [4.78, 5) is 23.0. The second-order valence-corrected chi connectivity index (χ2v) is 9.63. The van der Waals surface area contributed by atoms with Gasteiger partial charge in [0.1, 0.15) is 29.5 Å². The van der Waals surface area contributed by atoms with Gasteiger partial charge in [0.05, 0.1) is 11.3 Å². The monoisotopic (exact) mass is 546 g/mol. The highest BCUT2D eigenvalue weighted by atomic mass is 79.9. The maximum absolute atomic E-state index is 12.5. The maximum Gasteiger partial charge on any atom is 0.246 e. The van der Waals surface area contributed by atoms with Gasteiger partial charge in [-0.25, -0.2) is 9.97 Å². The molecule has 2 aliphatic rings. The van der Waals surface area contributed by atoms with Crippen LogP contribution in [0.5, 0.6) is 11.5 Å². The van der Waals surface area contributed by atoms with Crippen LogP contribution in [0, 0.1) is 11.3 Å². The number of benzene rings is 2. The number of carbonyl (C=O) groups excluding carboxylic acids is 1. The Morgan fingerprint density at radius 1 is 1.14 bits per heavy atom. The van der Waals surface area contributed by atoms with Gasteiger partial charge in [-0.3, -0.25) is 10.2 Å². The van der Waals surface area contributed by atoms with Crippen LogP contribution in [0.1, 0.15) is 24.0 Å². The fourth-order valence-corrected chi connectivity index (χ4v) is 5.22. The number of allylic oxidation sites excluding steroid dienone is 1. The van der Waals surface area contributed by atoms with E-state index in [1.807, 2.05) is 65.6 Å². The van der Waals surface area contributed by atoms with Crippen molar-refractivity contribution in [3.63, 3.8) is 0 Å². The molecule has 2 aromatic carbocycles. The first-order valence-corrected chi connectivity index (χ1v) is 13.0. The summed E-state index contributed by atoms with van der Waals surface area (Å²) in [6.07, 6.45) is 6.67. The van der Waals surface area contributed by atoms with Crippen LogP contribution in [0.25, 0.3) is 0 Å². The first-order valence-electron chi connectivity index (χ1n) is 11.9. The van der Waals surface area contributed by atoms with Gasteiger partial charge in [-0.15, -0.1) is 0 Å². The van der Waals surface area contributed by atoms with Gasteiger partial charge in [-0.2, -0.15) is 0 Å². The number of amides is 1. The quantitative estimate of drug-likeness (QED) is 0.215. The molecule has 3 unspecified atom stereocenters. The molecule has 1 saturated carbocycles. The zero-order valence-corrected chi connectivity index (χ0v) is 21.2. The molecule has 1 saturated heterocycles. The lowest BCUT2D eigenvalue weighted by atomic mass is 10.00. The van der Waals surface area contributed by atoms with Crippen LogP contribution in [0.2, 0.25) is 0 Å². The number of aromatic nitrogens is 2. The largest absolute Gasteiger partial charge is 0.457 e. The SMILES string of the molecule is N=C(c1ccc(Oc2ccccc2)cc1)c1c(N)ncnc1NC1CC2CC1CN2C(=O)/C=C/CBr. The Balaban J connectivity index is 1.29. The van der Waals surface area contributed by atoms with Crippen LogP contribution in [0.15, 0.2) is 73.1 Å². The fourth-order valence-electron chi connectivity index (χ4n) is 5.03. The van der Waals surface area contributed by atoms with Gasteiger partial charge in [0, 0.05) is 29.5 Å². The molecule has 1 amide bonds. The molecule has 8 nitrogen and oxygen atoms in total. The number of hydrogen-bond donors (Lipinski definition) is 3. The van der Waals surface area contributed by atoms with E-state index in [-0.39, 0.29) is 29.5 Å². The molecule has 0 spiro atoms. The predicted molar refractivity (Wildman–Crippen MR) is 144 cm³/mol. The third-order valence-corrected chi connectivity index (χ3v) is 7.12. The Morgan fingerprint density at radius 3 is 2.58 bits per heavy atom. The molecule has 9 heteroatoms. The molecular formula is C27H27BrN6O2. The number of anilines is 2. The van der Waals surface area contributed by atoms with Crippen molar-refractivity contribution in [3.05, 3.63) is 84.2 Å². The topological polar surface area (TPSA) is 117 Å². The number of piperidine rings is 1. The fraction of sp³-hybridized carbons (Fsp3) is 0.259. The van der Waals surface area contributed by atoms with E-state index >= 15 is 0 Å². The van der Waals surface area contributed by atoms with Crippen molar-refractivity contribution in [1.82, 2.24) is 14.9 Å². The molecule has 2 bridgehead atoms. The average molecular weight is 547 g/mol. The van der Waals surface area contributed by atoms with E-state index < -0.39 is 0 Å². The van der Waals surface area contributed by atoms with Gasteiger partial charge in [0.2, 0.25) is 5.91 Å². The number of alkyl halides is 1. The van der Waals surface area contributed by atoms with Gasteiger partial charge in [0.25, 0.3) is 0 Å². The number of nitrogens with zero attached hydrogens (tertiary/aromatic N) is 3. The maximum atomic E-state index is 12.5. The lowest BCUT2D eigenvalue weighted by molar-refractivity contribution is -0.127. The third-order valence-electron chi connectivity index (χ3n) is 6.75. The van der Waals surface area contributed by atoms with Gasteiger partial charge >= 0.3 is 0 Å². The second kappa shape index (κ2) is 10.5. The van der Waals surface area contributed by atoms with Crippen molar-refractivity contribution >= 4 is 39.2 Å². The highest BCUT2D eigenvalue weighted by molar-refractivity contribution is 9.09. The van der Waals surface area contributed by atoms with E-state index in [0.717, 1.165) is 18.6 Å². The van der Waals surface area contributed by atoms with Crippen molar-refractivity contribution in [2.45, 2.75) is 24.9 Å². The molecule has 3 atom stereocenters. The van der Waals surface area contributed by atoms with E-state index in [4.69, 9.17) is 15.9 Å². The molecule has 1 aromatic heterocycles. The molecule has 2 fully saturated rings. The number of para-hydroxylation sites is 1. The number of rotatable bonds is 8. The molecule has 4 N–H and O–H groups in total. The Kier molecular flexibility index (Phi) is 6.99. The summed E-state index contributed by atoms with van der Waals surface area (Å²) in [6, 6.07) is 17.2. The summed E-state index contributed by atoms with van der Waals surface area (Å²) in [5.74, 6) is 2.62. The molecule has 0 radical (unpaired) electrons. The number of nitrogens with two attached hydrogens (primary N) is 1. The van der Waals surface area contributed by atoms with Crippen molar-refractivity contribution in [1.29, 1.82) is 5.41 Å². The van der Waals surface area contributed by atoms with E-state index in [2.05, 4.69) is 31.2 Å². The molecule has 3 aromatic rings. The highest BCUT2D eigenvalue weighted by Gasteiger charge is 2.46. The lowest BCUT2D eigenvalue weighted by Gasteiger charge is -2.32. The number of likely N-dealkylation sites (tertiary alicyclic amines) is 1. The normalized spacial score (nSPS) is 20.6. The predicted octanol–water partition coefficient (Wildman–Crippen LogP) is 4.62. The van der Waals surface area contributed by atoms with Crippen LogP contribution in [0.3, 0.4) is 0 Å². The van der Waals surface area contributed by atoms with E-state index in [1.165, 1.54) is 6.33 Å². The van der Waals surface area contributed by atoms with Crippen molar-refractivity contribution in [3.8, 4) is 11.5 Å². The first kappa shape index (κ1) is 24.0. The zero-order chi connectivity index (χ0) is 25.1. The minimum absolute atomic E-state index is 0.0637. The van der Waals surface area contributed by atoms with Crippen molar-refractivity contribution in [2.24, 2.45) is 5.92 Å². The Hall–Kier alpha value is -3.72. The zero-order valence-electron chi connectivity index (χ0n) is 19.6. The number of fused-ring (bicyclic) bond motifs is 2. The molecule has 5 rings (SSSR count). The second-order valence-electron chi connectivity index (χ2n) is 8.98. The van der Waals surface area contributed by atoms with Crippen LogP contribution in [-0.4, -0.2) is 50.4 Å². The Labute approximate surface area is 218 Å². The Bertz CT molecular complexity index is 1280. The summed E-state index contributed by atoms with van der Waals surface area (Å²) in [5, 5.41) is 13.1. The summed E-state index contributed by atoms with van der Waals surface area (Å²) in [7, 11) is 0. The van der Waals surface area contributed by atoms with Crippen LogP contribution in [-0.2, 0) is 4.79 Å². The smallest absolute Gasteiger partial charge is 0.246 e. The number of hydrogen-bond acceptors (Lipinski definition) is 7. The summed E-state index contributed by atoms with van der Waals surface area (Å²) < 4.78 is 5.86. The molecule has 36 heavy (non-hydrogen) atoms. The molecular weight excluding hydrogens is 520 g/mol. The van der Waals surface area contributed by atoms with E-state index in [1.54, 1.807) is 6.08 Å². The average Bonchev–Trinajstić information content (AvgIpc) is 3.49. The molecule has 1 aliphatic heterocycles. The first-order chi connectivity index (χ1) is 17.5. The minimum atomic E-state index is 0.0637. The standard InChI is InChI=1S/C27H27BrN6O2/c28-12-4-7-23(35)34-15-18-13-19(34)14-22(18)33-27-24(26(30)31-16-32-27)25(29)17-8-10-21(11-9-17)36-20-5-2-1-3-6-20/h1-11,16,18-19,22,29H,12-15H2,(H3,30,31,32,33)/b7-4+,29-25?. The number of nitrogen functional groups attached to an aromatic ring is 1. The van der Waals surface area contributed by atoms with Crippen LogP contribution >= 0.6 is 15.9 Å². The van der Waals surface area contributed by atoms with Gasteiger partial charge in [-0.1, -0.05) is 40.2 Å². The number of nitrogens with one attached hydrogen (secondary N) is 2. The molecule has 184 valence electrons.